The Kier molecular flexibility index (Phi) is 5.02. The van der Waals surface area contributed by atoms with E-state index in [1.54, 1.807) is 12.1 Å². The Bertz CT molecular complexity index is 788. The van der Waals surface area contributed by atoms with E-state index in [1.165, 1.54) is 25.4 Å². The van der Waals surface area contributed by atoms with Gasteiger partial charge in [0.15, 0.2) is 0 Å². The molecule has 0 spiro atoms. The van der Waals surface area contributed by atoms with Gasteiger partial charge in [-0.1, -0.05) is 0 Å². The van der Waals surface area contributed by atoms with Crippen LogP contribution < -0.4 is 16.2 Å². The predicted molar refractivity (Wildman–Crippen MR) is 89.7 cm³/mol. The lowest BCUT2D eigenvalue weighted by Gasteiger charge is -2.11. The molecule has 23 heavy (non-hydrogen) atoms. The summed E-state index contributed by atoms with van der Waals surface area (Å²) in [4.78, 5) is 4.06. The van der Waals surface area contributed by atoms with Gasteiger partial charge in [-0.25, -0.2) is 0 Å². The molecule has 0 aliphatic rings. The lowest BCUT2D eigenvalue weighted by atomic mass is 10.0. The third-order valence-corrected chi connectivity index (χ3v) is 3.42. The van der Waals surface area contributed by atoms with Gasteiger partial charge in [0, 0.05) is 17.8 Å². The van der Waals surface area contributed by atoms with Gasteiger partial charge in [0.05, 0.1) is 11.6 Å². The van der Waals surface area contributed by atoms with Crippen molar-refractivity contribution in [2.75, 3.05) is 7.11 Å². The number of hydrogen-bond donors (Lipinski definition) is 4. The molecule has 0 aliphatic carbocycles. The maximum absolute atomic E-state index is 10.2. The molecule has 0 radical (unpaired) electrons. The third kappa shape index (κ3) is 3.69. The fourth-order valence-corrected chi connectivity index (χ4v) is 2.31. The number of pyridine rings is 1. The van der Waals surface area contributed by atoms with Crippen molar-refractivity contribution in [2.45, 2.75) is 0 Å². The van der Waals surface area contributed by atoms with Crippen molar-refractivity contribution < 1.29 is 14.9 Å². The molecule has 0 saturated carbocycles. The topological polar surface area (TPSA) is 139 Å². The van der Waals surface area contributed by atoms with E-state index < -0.39 is 0 Å². The standard InChI is InChI=1S/C14H14BrN5O3/c1-23-11-6-10(22)7(5-8(11)15)12(19-20-14(16)17)13-9(21)3-2-4-18-13/h2-6,21-22H,1H3,(H4,16,17,20). The van der Waals surface area contributed by atoms with E-state index in [4.69, 9.17) is 16.2 Å². The minimum absolute atomic E-state index is 0.0948. The Morgan fingerprint density at radius 2 is 1.96 bits per heavy atom. The SMILES string of the molecule is COc1cc(O)c(C(=NN=C(N)N)c2ncccc2O)cc1Br. The number of rotatable bonds is 4. The van der Waals surface area contributed by atoms with Gasteiger partial charge >= 0.3 is 0 Å². The van der Waals surface area contributed by atoms with E-state index in [0.717, 1.165) is 0 Å². The molecule has 6 N–H and O–H groups in total. The number of aromatic hydroxyl groups is 2. The van der Waals surface area contributed by atoms with Gasteiger partial charge in [0.2, 0.25) is 5.96 Å². The zero-order valence-electron chi connectivity index (χ0n) is 12.1. The normalized spacial score (nSPS) is 11.1. The Labute approximate surface area is 140 Å². The Balaban J connectivity index is 2.69. The highest BCUT2D eigenvalue weighted by atomic mass is 79.9. The lowest BCUT2D eigenvalue weighted by molar-refractivity contribution is 0.405. The van der Waals surface area contributed by atoms with E-state index in [-0.39, 0.29) is 34.4 Å². The lowest BCUT2D eigenvalue weighted by Crippen LogP contribution is -2.22. The number of nitrogens with zero attached hydrogens (tertiary/aromatic N) is 3. The molecule has 0 aliphatic heterocycles. The van der Waals surface area contributed by atoms with E-state index in [9.17, 15) is 10.2 Å². The van der Waals surface area contributed by atoms with Crippen LogP contribution in [0.4, 0.5) is 0 Å². The zero-order chi connectivity index (χ0) is 17.0. The first-order valence-electron chi connectivity index (χ1n) is 6.31. The Morgan fingerprint density at radius 3 is 2.57 bits per heavy atom. The molecule has 1 aromatic heterocycles. The van der Waals surface area contributed by atoms with E-state index in [2.05, 4.69) is 31.1 Å². The minimum Gasteiger partial charge on any atom is -0.507 e. The predicted octanol–water partition coefficient (Wildman–Crippen LogP) is 1.29. The Hall–Kier alpha value is -2.81. The van der Waals surface area contributed by atoms with Crippen LogP contribution in [0.15, 0.2) is 45.1 Å². The molecule has 2 aromatic rings. The molecule has 0 unspecified atom stereocenters. The fourth-order valence-electron chi connectivity index (χ4n) is 1.80. The van der Waals surface area contributed by atoms with E-state index >= 15 is 0 Å². The van der Waals surface area contributed by atoms with Crippen molar-refractivity contribution in [3.05, 3.63) is 46.2 Å². The van der Waals surface area contributed by atoms with Gasteiger partial charge in [-0.05, 0) is 34.1 Å². The van der Waals surface area contributed by atoms with Crippen molar-refractivity contribution in [2.24, 2.45) is 21.7 Å². The quantitative estimate of drug-likeness (QED) is 0.358. The van der Waals surface area contributed by atoms with Crippen LogP contribution in [0.3, 0.4) is 0 Å². The summed E-state index contributed by atoms with van der Waals surface area (Å²) in [5.74, 6) is -0.120. The number of phenolic OH excluding ortho intramolecular Hbond substituents is 1. The maximum Gasteiger partial charge on any atom is 0.211 e. The van der Waals surface area contributed by atoms with Gasteiger partial charge in [-0.3, -0.25) is 4.98 Å². The first kappa shape index (κ1) is 16.6. The largest absolute Gasteiger partial charge is 0.507 e. The monoisotopic (exact) mass is 379 g/mol. The highest BCUT2D eigenvalue weighted by Gasteiger charge is 2.19. The number of halogens is 1. The summed E-state index contributed by atoms with van der Waals surface area (Å²) in [6, 6.07) is 5.94. The third-order valence-electron chi connectivity index (χ3n) is 2.80. The van der Waals surface area contributed by atoms with Gasteiger partial charge < -0.3 is 26.4 Å². The van der Waals surface area contributed by atoms with E-state index in [1.807, 2.05) is 0 Å². The van der Waals surface area contributed by atoms with Crippen LogP contribution in [0.5, 0.6) is 17.2 Å². The van der Waals surface area contributed by atoms with Crippen LogP contribution in [-0.4, -0.2) is 34.0 Å². The summed E-state index contributed by atoms with van der Waals surface area (Å²) in [6.07, 6.45) is 1.47. The first-order chi connectivity index (χ1) is 10.9. The van der Waals surface area contributed by atoms with E-state index in [0.29, 0.717) is 10.2 Å². The average molecular weight is 380 g/mol. The van der Waals surface area contributed by atoms with Gasteiger partial charge in [-0.2, -0.15) is 0 Å². The zero-order valence-corrected chi connectivity index (χ0v) is 13.6. The van der Waals surface area contributed by atoms with Gasteiger partial charge in [0.1, 0.15) is 28.7 Å². The van der Waals surface area contributed by atoms with Crippen molar-refractivity contribution in [3.63, 3.8) is 0 Å². The summed E-state index contributed by atoms with van der Waals surface area (Å²) in [5.41, 5.74) is 11.1. The number of hydrogen-bond acceptors (Lipinski definition) is 6. The summed E-state index contributed by atoms with van der Waals surface area (Å²) >= 11 is 3.32. The van der Waals surface area contributed by atoms with Crippen LogP contribution >= 0.6 is 15.9 Å². The average Bonchev–Trinajstić information content (AvgIpc) is 2.51. The molecule has 9 heteroatoms. The highest BCUT2D eigenvalue weighted by Crippen LogP contribution is 2.34. The number of phenols is 1. The smallest absolute Gasteiger partial charge is 0.211 e. The minimum atomic E-state index is -0.273. The number of ether oxygens (including phenoxy) is 1. The number of benzene rings is 1. The van der Waals surface area contributed by atoms with Gasteiger partial charge in [-0.15, -0.1) is 10.2 Å². The molecule has 1 heterocycles. The second-order valence-electron chi connectivity index (χ2n) is 4.35. The first-order valence-corrected chi connectivity index (χ1v) is 7.11. The maximum atomic E-state index is 10.2. The molecule has 0 atom stereocenters. The molecule has 8 nitrogen and oxygen atoms in total. The van der Waals surface area contributed by atoms with Crippen molar-refractivity contribution in [3.8, 4) is 17.2 Å². The van der Waals surface area contributed by atoms with Crippen molar-refractivity contribution >= 4 is 27.6 Å². The van der Waals surface area contributed by atoms with Crippen LogP contribution in [-0.2, 0) is 0 Å². The van der Waals surface area contributed by atoms with Crippen molar-refractivity contribution in [1.82, 2.24) is 4.98 Å². The number of methoxy groups -OCH3 is 1. The number of guanidine groups is 1. The second-order valence-corrected chi connectivity index (χ2v) is 5.20. The van der Waals surface area contributed by atoms with Crippen LogP contribution in [0.25, 0.3) is 0 Å². The summed E-state index contributed by atoms with van der Waals surface area (Å²) < 4.78 is 5.68. The molecular formula is C14H14BrN5O3. The van der Waals surface area contributed by atoms with Crippen LogP contribution in [0, 0.1) is 0 Å². The number of aromatic nitrogens is 1. The second kappa shape index (κ2) is 6.97. The molecule has 0 amide bonds. The molecule has 1 aromatic carbocycles. The summed E-state index contributed by atoms with van der Waals surface area (Å²) in [5, 5.41) is 27.7. The van der Waals surface area contributed by atoms with Gasteiger partial charge in [0.25, 0.3) is 0 Å². The van der Waals surface area contributed by atoms with Crippen molar-refractivity contribution in [1.29, 1.82) is 0 Å². The molecule has 120 valence electrons. The summed E-state index contributed by atoms with van der Waals surface area (Å²) in [7, 11) is 1.47. The number of nitrogens with two attached hydrogens (primary N) is 2. The molecular weight excluding hydrogens is 366 g/mol. The molecule has 2 rings (SSSR count). The van der Waals surface area contributed by atoms with Crippen LogP contribution in [0.2, 0.25) is 0 Å². The Morgan fingerprint density at radius 1 is 1.22 bits per heavy atom. The molecule has 0 bridgehead atoms. The molecule has 0 fully saturated rings. The summed E-state index contributed by atoms with van der Waals surface area (Å²) in [6.45, 7) is 0. The van der Waals surface area contributed by atoms with Crippen LogP contribution in [0.1, 0.15) is 11.3 Å². The highest BCUT2D eigenvalue weighted by molar-refractivity contribution is 9.10. The fraction of sp³-hybridized carbons (Fsp3) is 0.0714. The molecule has 0 saturated heterocycles.